The lowest BCUT2D eigenvalue weighted by molar-refractivity contribution is 0.278. The van der Waals surface area contributed by atoms with Crippen molar-refractivity contribution < 1.29 is 4.74 Å². The molecule has 0 radical (unpaired) electrons. The number of benzene rings is 1. The average molecular weight is 287 g/mol. The number of hydrogen-bond donors (Lipinski definition) is 1. The summed E-state index contributed by atoms with van der Waals surface area (Å²) in [5.41, 5.74) is 2.08. The van der Waals surface area contributed by atoms with Crippen LogP contribution in [0.2, 0.25) is 0 Å². The third kappa shape index (κ3) is 3.40. The number of hydrogen-bond acceptors (Lipinski definition) is 5. The van der Waals surface area contributed by atoms with Crippen molar-refractivity contribution in [2.45, 2.75) is 13.0 Å². The van der Waals surface area contributed by atoms with Crippen LogP contribution >= 0.6 is 0 Å². The zero-order valence-electron chi connectivity index (χ0n) is 12.3. The van der Waals surface area contributed by atoms with Crippen LogP contribution in [0.5, 0.6) is 5.75 Å². The van der Waals surface area contributed by atoms with Crippen LogP contribution in [-0.2, 0) is 6.54 Å². The standard InChI is InChI=1S/C15H21N5O/c1-21-15-5-2-4-13(10-15)20-14(11-17-18-20)12-19-8-3-6-16-7-9-19/h2,4-5,10-11,16H,3,6-9,12H2,1H3. The minimum atomic E-state index is 0.827. The summed E-state index contributed by atoms with van der Waals surface area (Å²) in [6.45, 7) is 5.18. The maximum Gasteiger partial charge on any atom is 0.121 e. The van der Waals surface area contributed by atoms with Gasteiger partial charge in [0.2, 0.25) is 0 Å². The van der Waals surface area contributed by atoms with Crippen LogP contribution in [0.25, 0.3) is 5.69 Å². The fraction of sp³-hybridized carbons (Fsp3) is 0.467. The molecule has 0 amide bonds. The molecule has 0 atom stereocenters. The SMILES string of the molecule is COc1cccc(-n2nncc2CN2CCCNCC2)c1. The van der Waals surface area contributed by atoms with E-state index in [-0.39, 0.29) is 0 Å². The summed E-state index contributed by atoms with van der Waals surface area (Å²) in [6, 6.07) is 7.89. The van der Waals surface area contributed by atoms with Gasteiger partial charge in [0, 0.05) is 25.7 Å². The lowest BCUT2D eigenvalue weighted by Gasteiger charge is -2.19. The monoisotopic (exact) mass is 287 g/mol. The minimum absolute atomic E-state index is 0.827. The minimum Gasteiger partial charge on any atom is -0.497 e. The van der Waals surface area contributed by atoms with Gasteiger partial charge in [0.25, 0.3) is 0 Å². The molecule has 6 heteroatoms. The fourth-order valence-electron chi connectivity index (χ4n) is 2.61. The normalized spacial score (nSPS) is 16.6. The number of nitrogens with one attached hydrogen (secondary N) is 1. The largest absolute Gasteiger partial charge is 0.497 e. The third-order valence-electron chi connectivity index (χ3n) is 3.74. The predicted molar refractivity (Wildman–Crippen MR) is 80.7 cm³/mol. The van der Waals surface area contributed by atoms with Crippen LogP contribution in [-0.4, -0.2) is 53.2 Å². The zero-order chi connectivity index (χ0) is 14.5. The summed E-state index contributed by atoms with van der Waals surface area (Å²) in [5.74, 6) is 0.827. The molecule has 2 heterocycles. The van der Waals surface area contributed by atoms with Gasteiger partial charge >= 0.3 is 0 Å². The molecule has 0 unspecified atom stereocenters. The van der Waals surface area contributed by atoms with Gasteiger partial charge in [-0.2, -0.15) is 0 Å². The van der Waals surface area contributed by atoms with Gasteiger partial charge in [0.05, 0.1) is 24.7 Å². The van der Waals surface area contributed by atoms with Crippen LogP contribution in [0.1, 0.15) is 12.1 Å². The number of aromatic nitrogens is 3. The highest BCUT2D eigenvalue weighted by molar-refractivity contribution is 5.39. The third-order valence-corrected chi connectivity index (χ3v) is 3.74. The second kappa shape index (κ2) is 6.69. The first-order valence-corrected chi connectivity index (χ1v) is 7.34. The van der Waals surface area contributed by atoms with Gasteiger partial charge in [-0.15, -0.1) is 5.10 Å². The van der Waals surface area contributed by atoms with Crippen LogP contribution < -0.4 is 10.1 Å². The Morgan fingerprint density at radius 3 is 3.14 bits per heavy atom. The molecule has 0 saturated carbocycles. The van der Waals surface area contributed by atoms with E-state index in [1.165, 1.54) is 6.42 Å². The summed E-state index contributed by atoms with van der Waals surface area (Å²) in [5, 5.41) is 11.7. The molecule has 1 N–H and O–H groups in total. The van der Waals surface area contributed by atoms with Crippen molar-refractivity contribution >= 4 is 0 Å². The molecular weight excluding hydrogens is 266 g/mol. The number of rotatable bonds is 4. The molecule has 1 aliphatic heterocycles. The number of methoxy groups -OCH3 is 1. The van der Waals surface area contributed by atoms with Crippen LogP contribution in [0.3, 0.4) is 0 Å². The van der Waals surface area contributed by atoms with E-state index in [0.29, 0.717) is 0 Å². The quantitative estimate of drug-likeness (QED) is 0.911. The molecule has 3 rings (SSSR count). The van der Waals surface area contributed by atoms with Crippen molar-refractivity contribution in [3.8, 4) is 11.4 Å². The molecule has 1 aromatic heterocycles. The first-order chi connectivity index (χ1) is 10.4. The van der Waals surface area contributed by atoms with E-state index < -0.39 is 0 Å². The smallest absolute Gasteiger partial charge is 0.121 e. The summed E-state index contributed by atoms with van der Waals surface area (Å²) in [6.07, 6.45) is 3.03. The van der Waals surface area contributed by atoms with Crippen LogP contribution in [0, 0.1) is 0 Å². The van der Waals surface area contributed by atoms with E-state index >= 15 is 0 Å². The predicted octanol–water partition coefficient (Wildman–Crippen LogP) is 1.07. The highest BCUT2D eigenvalue weighted by Gasteiger charge is 2.13. The summed E-state index contributed by atoms with van der Waals surface area (Å²) < 4.78 is 7.17. The Balaban J connectivity index is 1.79. The van der Waals surface area contributed by atoms with Crippen molar-refractivity contribution in [1.82, 2.24) is 25.2 Å². The number of nitrogens with zero attached hydrogens (tertiary/aromatic N) is 4. The van der Waals surface area contributed by atoms with E-state index in [0.717, 1.165) is 49.9 Å². The van der Waals surface area contributed by atoms with E-state index in [9.17, 15) is 0 Å². The van der Waals surface area contributed by atoms with Crippen molar-refractivity contribution in [1.29, 1.82) is 0 Å². The molecule has 0 aliphatic carbocycles. The summed E-state index contributed by atoms with van der Waals surface area (Å²) >= 11 is 0. The van der Waals surface area contributed by atoms with Crippen molar-refractivity contribution in [3.05, 3.63) is 36.2 Å². The highest BCUT2D eigenvalue weighted by Crippen LogP contribution is 2.17. The molecule has 2 aromatic rings. The van der Waals surface area contributed by atoms with E-state index in [1.54, 1.807) is 7.11 Å². The fourth-order valence-corrected chi connectivity index (χ4v) is 2.61. The van der Waals surface area contributed by atoms with Crippen molar-refractivity contribution in [2.75, 3.05) is 33.3 Å². The molecular formula is C15H21N5O. The Hall–Kier alpha value is -1.92. The molecule has 1 aromatic carbocycles. The highest BCUT2D eigenvalue weighted by atomic mass is 16.5. The van der Waals surface area contributed by atoms with E-state index in [4.69, 9.17) is 4.74 Å². The van der Waals surface area contributed by atoms with Crippen LogP contribution in [0.15, 0.2) is 30.5 Å². The Morgan fingerprint density at radius 2 is 2.24 bits per heavy atom. The van der Waals surface area contributed by atoms with Crippen molar-refractivity contribution in [2.24, 2.45) is 0 Å². The van der Waals surface area contributed by atoms with E-state index in [2.05, 4.69) is 20.5 Å². The Kier molecular flexibility index (Phi) is 4.47. The maximum absolute atomic E-state index is 5.28. The summed E-state index contributed by atoms with van der Waals surface area (Å²) in [4.78, 5) is 2.44. The average Bonchev–Trinajstić information content (AvgIpc) is 2.83. The molecule has 0 spiro atoms. The van der Waals surface area contributed by atoms with Gasteiger partial charge in [-0.1, -0.05) is 11.3 Å². The second-order valence-electron chi connectivity index (χ2n) is 5.22. The first-order valence-electron chi connectivity index (χ1n) is 7.34. The topological polar surface area (TPSA) is 55.2 Å². The van der Waals surface area contributed by atoms with Gasteiger partial charge in [0.1, 0.15) is 5.75 Å². The molecule has 112 valence electrons. The van der Waals surface area contributed by atoms with Crippen molar-refractivity contribution in [3.63, 3.8) is 0 Å². The second-order valence-corrected chi connectivity index (χ2v) is 5.22. The molecule has 1 fully saturated rings. The van der Waals surface area contributed by atoms with Gasteiger partial charge in [0.15, 0.2) is 0 Å². The summed E-state index contributed by atoms with van der Waals surface area (Å²) in [7, 11) is 1.67. The molecule has 1 aliphatic rings. The Bertz CT molecular complexity index is 575. The van der Waals surface area contributed by atoms with Crippen LogP contribution in [0.4, 0.5) is 0 Å². The lowest BCUT2D eigenvalue weighted by atomic mass is 10.3. The van der Waals surface area contributed by atoms with Gasteiger partial charge < -0.3 is 10.1 Å². The molecule has 0 bridgehead atoms. The maximum atomic E-state index is 5.28. The molecule has 1 saturated heterocycles. The molecule has 6 nitrogen and oxygen atoms in total. The van der Waals surface area contributed by atoms with Gasteiger partial charge in [-0.25, -0.2) is 4.68 Å². The van der Waals surface area contributed by atoms with Gasteiger partial charge in [-0.05, 0) is 31.6 Å². The zero-order valence-corrected chi connectivity index (χ0v) is 12.3. The number of ether oxygens (including phenoxy) is 1. The van der Waals surface area contributed by atoms with E-state index in [1.807, 2.05) is 35.1 Å². The first kappa shape index (κ1) is 14.0. The molecule has 21 heavy (non-hydrogen) atoms. The lowest BCUT2D eigenvalue weighted by Crippen LogP contribution is -2.28. The Morgan fingerprint density at radius 1 is 1.29 bits per heavy atom. The Labute approximate surface area is 124 Å². The van der Waals surface area contributed by atoms with Gasteiger partial charge in [-0.3, -0.25) is 4.90 Å².